The lowest BCUT2D eigenvalue weighted by molar-refractivity contribution is 0.0946. The van der Waals surface area contributed by atoms with Gasteiger partial charge in [0.25, 0.3) is 11.5 Å². The first-order chi connectivity index (χ1) is 12.2. The minimum Gasteiger partial charge on any atom is -0.348 e. The van der Waals surface area contributed by atoms with Crippen LogP contribution in [0.15, 0.2) is 34.7 Å². The van der Waals surface area contributed by atoms with Gasteiger partial charge in [0, 0.05) is 25.5 Å². The second-order valence-electron chi connectivity index (χ2n) is 6.15. The highest BCUT2D eigenvalue weighted by Gasteiger charge is 2.25. The molecule has 0 bridgehead atoms. The number of nitrogens with zero attached hydrogens (tertiary/aromatic N) is 3. The van der Waals surface area contributed by atoms with Crippen LogP contribution in [0.3, 0.4) is 0 Å². The highest BCUT2D eigenvalue weighted by atomic mass is 32.1. The maximum Gasteiger partial charge on any atom is 0.294 e. The lowest BCUT2D eigenvalue weighted by atomic mass is 10.3. The molecular weight excluding hydrogens is 343 g/mol. The minimum atomic E-state index is -0.643. The molecule has 3 aromatic rings. The van der Waals surface area contributed by atoms with Crippen molar-refractivity contribution < 1.29 is 9.18 Å². The number of fused-ring (bicyclic) bond motifs is 1. The van der Waals surface area contributed by atoms with Gasteiger partial charge >= 0.3 is 0 Å². The Bertz CT molecular complexity index is 973. The van der Waals surface area contributed by atoms with Gasteiger partial charge in [-0.05, 0) is 30.2 Å². The molecule has 0 spiro atoms. The molecule has 0 atom stereocenters. The number of hydrogen-bond donors (Lipinski definition) is 1. The number of imidazole rings is 1. The average molecular weight is 360 g/mol. The van der Waals surface area contributed by atoms with Crippen LogP contribution in [0, 0.1) is 5.92 Å². The zero-order valence-electron chi connectivity index (χ0n) is 13.4. The number of rotatable bonds is 6. The summed E-state index contributed by atoms with van der Waals surface area (Å²) in [5, 5.41) is 4.40. The van der Waals surface area contributed by atoms with Crippen LogP contribution in [-0.2, 0) is 6.54 Å². The minimum absolute atomic E-state index is 0.0704. The highest BCUT2D eigenvalue weighted by molar-refractivity contribution is 7.13. The first-order valence-corrected chi connectivity index (χ1v) is 9.06. The number of alkyl halides is 1. The molecule has 130 valence electrons. The standard InChI is InChI=1S/C17H17FN4O2S/c18-5-6-19-16(23)12-9-21-10-13(14-2-1-7-25-14)22(8-11-3-4-11)17(24)15(21)20-12/h1-2,7,9-11H,3-6,8H2,(H,19,23). The normalized spacial score (nSPS) is 14.1. The fraction of sp³-hybridized carbons (Fsp3) is 0.353. The number of thiophene rings is 1. The summed E-state index contributed by atoms with van der Waals surface area (Å²) in [6.07, 6.45) is 5.62. The third-order valence-corrected chi connectivity index (χ3v) is 5.14. The molecule has 1 fully saturated rings. The lowest BCUT2D eigenvalue weighted by Gasteiger charge is -2.11. The lowest BCUT2D eigenvalue weighted by Crippen LogP contribution is -2.26. The third-order valence-electron chi connectivity index (χ3n) is 4.24. The van der Waals surface area contributed by atoms with E-state index in [1.54, 1.807) is 20.3 Å². The van der Waals surface area contributed by atoms with E-state index < -0.39 is 12.6 Å². The summed E-state index contributed by atoms with van der Waals surface area (Å²) in [4.78, 5) is 30.1. The predicted molar refractivity (Wildman–Crippen MR) is 93.8 cm³/mol. The van der Waals surface area contributed by atoms with E-state index in [1.165, 1.54) is 6.20 Å². The molecule has 0 aliphatic heterocycles. The summed E-state index contributed by atoms with van der Waals surface area (Å²) in [6.45, 7) is -0.0479. The Morgan fingerprint density at radius 1 is 1.40 bits per heavy atom. The molecule has 1 saturated carbocycles. The fourth-order valence-corrected chi connectivity index (χ4v) is 3.55. The van der Waals surface area contributed by atoms with Gasteiger partial charge in [0.1, 0.15) is 12.4 Å². The van der Waals surface area contributed by atoms with Gasteiger partial charge in [-0.2, -0.15) is 0 Å². The number of carbonyl (C=O) groups is 1. The molecule has 8 heteroatoms. The summed E-state index contributed by atoms with van der Waals surface area (Å²) < 4.78 is 15.6. The van der Waals surface area contributed by atoms with Crippen LogP contribution in [0.2, 0.25) is 0 Å². The molecule has 0 unspecified atom stereocenters. The Kier molecular flexibility index (Phi) is 4.12. The van der Waals surface area contributed by atoms with Gasteiger partial charge in [0.2, 0.25) is 5.65 Å². The number of amides is 1. The van der Waals surface area contributed by atoms with Crippen molar-refractivity contribution in [2.75, 3.05) is 13.2 Å². The molecule has 0 radical (unpaired) electrons. The van der Waals surface area contributed by atoms with Crippen molar-refractivity contribution in [3.8, 4) is 10.6 Å². The SMILES string of the molecule is O=C(NCCF)c1cn2cc(-c3cccs3)n(CC3CC3)c(=O)c2n1. The first kappa shape index (κ1) is 16.0. The van der Waals surface area contributed by atoms with E-state index in [0.717, 1.165) is 23.4 Å². The maximum atomic E-state index is 13.0. The van der Waals surface area contributed by atoms with Crippen LogP contribution in [0.5, 0.6) is 0 Å². The van der Waals surface area contributed by atoms with Crippen molar-refractivity contribution in [1.29, 1.82) is 0 Å². The Balaban J connectivity index is 1.83. The molecule has 6 nitrogen and oxygen atoms in total. The summed E-state index contributed by atoms with van der Waals surface area (Å²) in [5.74, 6) is 0.0494. The van der Waals surface area contributed by atoms with Crippen molar-refractivity contribution in [2.24, 2.45) is 5.92 Å². The second kappa shape index (κ2) is 6.44. The van der Waals surface area contributed by atoms with Gasteiger partial charge in [-0.1, -0.05) is 6.07 Å². The molecule has 1 amide bonds. The number of halogens is 1. The summed E-state index contributed by atoms with van der Waals surface area (Å²) in [7, 11) is 0. The molecular formula is C17H17FN4O2S. The monoisotopic (exact) mass is 360 g/mol. The van der Waals surface area contributed by atoms with Crippen molar-refractivity contribution in [3.05, 3.63) is 46.0 Å². The zero-order valence-corrected chi connectivity index (χ0v) is 14.3. The van der Waals surface area contributed by atoms with E-state index in [9.17, 15) is 14.0 Å². The second-order valence-corrected chi connectivity index (χ2v) is 7.10. The van der Waals surface area contributed by atoms with Gasteiger partial charge in [-0.3, -0.25) is 14.0 Å². The van der Waals surface area contributed by atoms with Crippen molar-refractivity contribution in [3.63, 3.8) is 0 Å². The Hall–Kier alpha value is -2.48. The van der Waals surface area contributed by atoms with Crippen LogP contribution < -0.4 is 10.9 Å². The quantitative estimate of drug-likeness (QED) is 0.734. The predicted octanol–water partition coefficient (Wildman–Crippen LogP) is 2.33. The van der Waals surface area contributed by atoms with Crippen LogP contribution in [0.25, 0.3) is 16.2 Å². The molecule has 0 saturated heterocycles. The Morgan fingerprint density at radius 3 is 2.92 bits per heavy atom. The van der Waals surface area contributed by atoms with Crippen LogP contribution >= 0.6 is 11.3 Å². The first-order valence-electron chi connectivity index (χ1n) is 8.18. The molecule has 25 heavy (non-hydrogen) atoms. The number of nitrogens with one attached hydrogen (secondary N) is 1. The van der Waals surface area contributed by atoms with E-state index in [-0.39, 0.29) is 23.4 Å². The molecule has 1 aliphatic rings. The van der Waals surface area contributed by atoms with Crippen molar-refractivity contribution >= 4 is 22.9 Å². The van der Waals surface area contributed by atoms with E-state index in [4.69, 9.17) is 0 Å². The average Bonchev–Trinajstić information content (AvgIpc) is 3.10. The molecule has 4 rings (SSSR count). The molecule has 1 aliphatic carbocycles. The summed E-state index contributed by atoms with van der Waals surface area (Å²) in [6, 6.07) is 3.92. The van der Waals surface area contributed by atoms with E-state index in [0.29, 0.717) is 12.5 Å². The molecule has 3 heterocycles. The van der Waals surface area contributed by atoms with Gasteiger partial charge in [0.15, 0.2) is 0 Å². The van der Waals surface area contributed by atoms with E-state index in [2.05, 4.69) is 10.3 Å². The molecule has 0 aromatic carbocycles. The summed E-state index contributed by atoms with van der Waals surface area (Å²) in [5.41, 5.74) is 0.952. The number of hydrogen-bond acceptors (Lipinski definition) is 4. The van der Waals surface area contributed by atoms with Gasteiger partial charge in [-0.25, -0.2) is 9.37 Å². The van der Waals surface area contributed by atoms with Crippen LogP contribution in [0.4, 0.5) is 4.39 Å². The fourth-order valence-electron chi connectivity index (χ4n) is 2.80. The van der Waals surface area contributed by atoms with Gasteiger partial charge in [-0.15, -0.1) is 11.3 Å². The number of aromatic nitrogens is 3. The van der Waals surface area contributed by atoms with E-state index in [1.807, 2.05) is 23.7 Å². The zero-order chi connectivity index (χ0) is 17.4. The Labute approximate surface area is 146 Å². The highest BCUT2D eigenvalue weighted by Crippen LogP contribution is 2.32. The van der Waals surface area contributed by atoms with Gasteiger partial charge < -0.3 is 9.88 Å². The molecule has 1 N–H and O–H groups in total. The van der Waals surface area contributed by atoms with Crippen LogP contribution in [-0.4, -0.2) is 33.1 Å². The smallest absolute Gasteiger partial charge is 0.294 e. The van der Waals surface area contributed by atoms with Crippen molar-refractivity contribution in [1.82, 2.24) is 19.3 Å². The number of carbonyl (C=O) groups excluding carboxylic acids is 1. The topological polar surface area (TPSA) is 68.4 Å². The van der Waals surface area contributed by atoms with E-state index >= 15 is 0 Å². The third kappa shape index (κ3) is 3.09. The van der Waals surface area contributed by atoms with Crippen molar-refractivity contribution in [2.45, 2.75) is 19.4 Å². The maximum absolute atomic E-state index is 13.0. The largest absolute Gasteiger partial charge is 0.348 e. The summed E-state index contributed by atoms with van der Waals surface area (Å²) >= 11 is 1.56. The molecule has 3 aromatic heterocycles. The van der Waals surface area contributed by atoms with Crippen LogP contribution in [0.1, 0.15) is 23.3 Å². The van der Waals surface area contributed by atoms with Gasteiger partial charge in [0.05, 0.1) is 10.6 Å². The Morgan fingerprint density at radius 2 is 2.24 bits per heavy atom.